The number of halogens is 1. The summed E-state index contributed by atoms with van der Waals surface area (Å²) in [6, 6.07) is 9.69. The molecular formula is C14H12ClN3O. The molecule has 1 N–H and O–H groups in total. The van der Waals surface area contributed by atoms with Crippen LogP contribution in [0.1, 0.15) is 11.3 Å². The van der Waals surface area contributed by atoms with Gasteiger partial charge in [0.15, 0.2) is 5.82 Å². The molecule has 0 fully saturated rings. The van der Waals surface area contributed by atoms with E-state index in [9.17, 15) is 5.11 Å². The van der Waals surface area contributed by atoms with E-state index in [4.69, 9.17) is 11.6 Å². The van der Waals surface area contributed by atoms with E-state index in [2.05, 4.69) is 10.1 Å². The number of hydrogen-bond donors (Lipinski definition) is 1. The van der Waals surface area contributed by atoms with Gasteiger partial charge in [0, 0.05) is 10.9 Å². The molecule has 0 amide bonds. The Morgan fingerprint density at radius 2 is 2.11 bits per heavy atom. The van der Waals surface area contributed by atoms with Crippen LogP contribution < -0.4 is 0 Å². The van der Waals surface area contributed by atoms with Crippen LogP contribution in [0.15, 0.2) is 36.5 Å². The lowest BCUT2D eigenvalue weighted by molar-refractivity contribution is 0.281. The Kier molecular flexibility index (Phi) is 2.97. The smallest absolute Gasteiger partial charge is 0.159 e. The van der Waals surface area contributed by atoms with Gasteiger partial charge in [0.05, 0.1) is 29.0 Å². The minimum atomic E-state index is -0.0936. The van der Waals surface area contributed by atoms with E-state index in [0.29, 0.717) is 10.8 Å². The largest absolute Gasteiger partial charge is 0.392 e. The lowest BCUT2D eigenvalue weighted by atomic mass is 10.1. The number of benzene rings is 1. The molecule has 5 heteroatoms. The number of nitrogens with zero attached hydrogens (tertiary/aromatic N) is 3. The maximum Gasteiger partial charge on any atom is 0.159 e. The van der Waals surface area contributed by atoms with Gasteiger partial charge in [-0.15, -0.1) is 0 Å². The highest BCUT2D eigenvalue weighted by molar-refractivity contribution is 6.31. The van der Waals surface area contributed by atoms with Crippen molar-refractivity contribution < 1.29 is 5.11 Å². The molecular weight excluding hydrogens is 262 g/mol. The summed E-state index contributed by atoms with van der Waals surface area (Å²) >= 11 is 6.02. The molecule has 0 aliphatic rings. The van der Waals surface area contributed by atoms with Crippen molar-refractivity contribution in [3.8, 4) is 5.82 Å². The lowest BCUT2D eigenvalue weighted by Gasteiger charge is -2.08. The second-order valence-electron chi connectivity index (χ2n) is 4.33. The molecule has 0 atom stereocenters. The third-order valence-corrected chi connectivity index (χ3v) is 3.38. The molecule has 0 unspecified atom stereocenters. The minimum Gasteiger partial charge on any atom is -0.392 e. The van der Waals surface area contributed by atoms with Crippen molar-refractivity contribution in [3.63, 3.8) is 0 Å². The molecule has 0 aliphatic carbocycles. The molecule has 0 spiro atoms. The van der Waals surface area contributed by atoms with Crippen LogP contribution in [-0.4, -0.2) is 19.9 Å². The quantitative estimate of drug-likeness (QED) is 0.781. The molecule has 2 aromatic heterocycles. The SMILES string of the molecule is Cc1nn(-c2nc3ccccc3cc2CO)cc1Cl. The van der Waals surface area contributed by atoms with E-state index >= 15 is 0 Å². The summed E-state index contributed by atoms with van der Waals surface area (Å²) in [4.78, 5) is 4.55. The molecule has 3 rings (SSSR count). The van der Waals surface area contributed by atoms with Gasteiger partial charge in [0.25, 0.3) is 0 Å². The highest BCUT2D eigenvalue weighted by atomic mass is 35.5. The van der Waals surface area contributed by atoms with Gasteiger partial charge in [-0.3, -0.25) is 0 Å². The topological polar surface area (TPSA) is 50.9 Å². The predicted octanol–water partition coefficient (Wildman–Crippen LogP) is 2.87. The number of para-hydroxylation sites is 1. The number of fused-ring (bicyclic) bond motifs is 1. The summed E-state index contributed by atoms with van der Waals surface area (Å²) in [5.74, 6) is 0.608. The average Bonchev–Trinajstić information content (AvgIpc) is 2.77. The molecule has 2 heterocycles. The van der Waals surface area contributed by atoms with Crippen molar-refractivity contribution in [2.45, 2.75) is 13.5 Å². The van der Waals surface area contributed by atoms with Crippen LogP contribution in [0, 0.1) is 6.92 Å². The van der Waals surface area contributed by atoms with Gasteiger partial charge in [-0.25, -0.2) is 9.67 Å². The summed E-state index contributed by atoms with van der Waals surface area (Å²) in [6.07, 6.45) is 1.70. The zero-order valence-electron chi connectivity index (χ0n) is 10.3. The van der Waals surface area contributed by atoms with E-state index in [1.807, 2.05) is 37.3 Å². The third-order valence-electron chi connectivity index (χ3n) is 3.01. The van der Waals surface area contributed by atoms with Gasteiger partial charge in [0.1, 0.15) is 0 Å². The van der Waals surface area contributed by atoms with Crippen LogP contribution in [0.25, 0.3) is 16.7 Å². The summed E-state index contributed by atoms with van der Waals surface area (Å²) in [5.41, 5.74) is 2.32. The van der Waals surface area contributed by atoms with Crippen LogP contribution in [0.3, 0.4) is 0 Å². The fourth-order valence-electron chi connectivity index (χ4n) is 2.01. The molecule has 0 saturated carbocycles. The number of pyridine rings is 1. The summed E-state index contributed by atoms with van der Waals surface area (Å²) < 4.78 is 1.61. The minimum absolute atomic E-state index is 0.0936. The lowest BCUT2D eigenvalue weighted by Crippen LogP contribution is -2.04. The molecule has 4 nitrogen and oxygen atoms in total. The fourth-order valence-corrected chi connectivity index (χ4v) is 2.14. The number of aliphatic hydroxyl groups is 1. The average molecular weight is 274 g/mol. The van der Waals surface area contributed by atoms with Gasteiger partial charge in [0.2, 0.25) is 0 Å². The van der Waals surface area contributed by atoms with Gasteiger partial charge in [-0.1, -0.05) is 29.8 Å². The Labute approximate surface area is 115 Å². The predicted molar refractivity (Wildman–Crippen MR) is 74.5 cm³/mol. The Bertz CT molecular complexity index is 732. The van der Waals surface area contributed by atoms with Crippen molar-refractivity contribution in [2.24, 2.45) is 0 Å². The maximum atomic E-state index is 9.50. The molecule has 0 saturated heterocycles. The number of aromatic nitrogens is 3. The van der Waals surface area contributed by atoms with Gasteiger partial charge in [-0.05, 0) is 19.1 Å². The van der Waals surface area contributed by atoms with E-state index in [0.717, 1.165) is 22.2 Å². The van der Waals surface area contributed by atoms with Crippen LogP contribution in [0.5, 0.6) is 0 Å². The fraction of sp³-hybridized carbons (Fsp3) is 0.143. The molecule has 0 radical (unpaired) electrons. The zero-order valence-corrected chi connectivity index (χ0v) is 11.1. The first-order valence-corrected chi connectivity index (χ1v) is 6.28. The van der Waals surface area contributed by atoms with E-state index in [1.165, 1.54) is 0 Å². The van der Waals surface area contributed by atoms with Gasteiger partial charge in [-0.2, -0.15) is 5.10 Å². The zero-order chi connectivity index (χ0) is 13.4. The van der Waals surface area contributed by atoms with Crippen LogP contribution in [-0.2, 0) is 6.61 Å². The summed E-state index contributed by atoms with van der Waals surface area (Å²) in [6.45, 7) is 1.74. The molecule has 96 valence electrons. The van der Waals surface area contributed by atoms with Crippen LogP contribution in [0.2, 0.25) is 5.02 Å². The van der Waals surface area contributed by atoms with Gasteiger partial charge >= 0.3 is 0 Å². The number of hydrogen-bond acceptors (Lipinski definition) is 3. The molecule has 19 heavy (non-hydrogen) atoms. The first-order valence-electron chi connectivity index (χ1n) is 5.90. The molecule has 3 aromatic rings. The number of rotatable bonds is 2. The number of aliphatic hydroxyl groups excluding tert-OH is 1. The van der Waals surface area contributed by atoms with E-state index in [1.54, 1.807) is 10.9 Å². The second-order valence-corrected chi connectivity index (χ2v) is 4.74. The molecule has 1 aromatic carbocycles. The third kappa shape index (κ3) is 2.09. The van der Waals surface area contributed by atoms with Crippen LogP contribution >= 0.6 is 11.6 Å². The van der Waals surface area contributed by atoms with Crippen molar-refractivity contribution in [1.82, 2.24) is 14.8 Å². The highest BCUT2D eigenvalue weighted by Crippen LogP contribution is 2.22. The normalized spacial score (nSPS) is 11.1. The van der Waals surface area contributed by atoms with E-state index < -0.39 is 0 Å². The Hall–Kier alpha value is -1.91. The Morgan fingerprint density at radius 1 is 1.32 bits per heavy atom. The summed E-state index contributed by atoms with van der Waals surface area (Å²) in [7, 11) is 0. The molecule has 0 bridgehead atoms. The first-order chi connectivity index (χ1) is 9.19. The maximum absolute atomic E-state index is 9.50. The monoisotopic (exact) mass is 273 g/mol. The second kappa shape index (κ2) is 4.64. The van der Waals surface area contributed by atoms with Gasteiger partial charge < -0.3 is 5.11 Å². The Balaban J connectivity index is 2.26. The van der Waals surface area contributed by atoms with E-state index in [-0.39, 0.29) is 6.61 Å². The van der Waals surface area contributed by atoms with Crippen molar-refractivity contribution in [1.29, 1.82) is 0 Å². The standard InChI is InChI=1S/C14H12ClN3O/c1-9-12(15)7-18(17-9)14-11(8-19)6-10-4-2-3-5-13(10)16-14/h2-7,19H,8H2,1H3. The van der Waals surface area contributed by atoms with Crippen molar-refractivity contribution >= 4 is 22.5 Å². The first kappa shape index (κ1) is 12.1. The Morgan fingerprint density at radius 3 is 2.79 bits per heavy atom. The highest BCUT2D eigenvalue weighted by Gasteiger charge is 2.11. The summed E-state index contributed by atoms with van der Waals surface area (Å²) in [5, 5.41) is 15.4. The molecule has 0 aliphatic heterocycles. The van der Waals surface area contributed by atoms with Crippen molar-refractivity contribution in [2.75, 3.05) is 0 Å². The van der Waals surface area contributed by atoms with Crippen molar-refractivity contribution in [3.05, 3.63) is 52.8 Å². The van der Waals surface area contributed by atoms with Crippen LogP contribution in [0.4, 0.5) is 0 Å². The number of aryl methyl sites for hydroxylation is 1.